The van der Waals surface area contributed by atoms with Gasteiger partial charge < -0.3 is 24.5 Å². The summed E-state index contributed by atoms with van der Waals surface area (Å²) in [6.07, 6.45) is 2.72. The molecule has 0 aliphatic carbocycles. The van der Waals surface area contributed by atoms with Crippen LogP contribution in [0.2, 0.25) is 0 Å². The monoisotopic (exact) mass is 410 g/mol. The van der Waals surface area contributed by atoms with Gasteiger partial charge in [-0.15, -0.1) is 0 Å². The van der Waals surface area contributed by atoms with E-state index in [1.165, 1.54) is 12.1 Å². The Labute approximate surface area is 174 Å². The molecule has 30 heavy (non-hydrogen) atoms. The first-order valence-electron chi connectivity index (χ1n) is 9.98. The van der Waals surface area contributed by atoms with Gasteiger partial charge in [-0.1, -0.05) is 32.4 Å². The van der Waals surface area contributed by atoms with Crippen LogP contribution in [0.5, 0.6) is 23.0 Å². The second kappa shape index (κ2) is 6.69. The molecule has 2 heterocycles. The first-order chi connectivity index (χ1) is 14.0. The first kappa shape index (κ1) is 20.1. The Kier molecular flexibility index (Phi) is 4.49. The fraction of sp³-hybridized carbons (Fsp3) is 0.375. The molecule has 3 N–H and O–H groups in total. The van der Waals surface area contributed by atoms with Crippen molar-refractivity contribution in [2.45, 2.75) is 53.6 Å². The lowest BCUT2D eigenvalue weighted by molar-refractivity contribution is 0.108. The molecule has 4 rings (SSSR count). The van der Waals surface area contributed by atoms with Gasteiger partial charge in [0.25, 0.3) is 0 Å². The molecule has 1 atom stereocenters. The Hall–Kier alpha value is -3.15. The summed E-state index contributed by atoms with van der Waals surface area (Å²) in [5, 5.41) is 31.4. The van der Waals surface area contributed by atoms with Gasteiger partial charge in [0, 0.05) is 17.5 Å². The van der Waals surface area contributed by atoms with Crippen LogP contribution in [-0.2, 0) is 12.8 Å². The van der Waals surface area contributed by atoms with Crippen LogP contribution in [0.15, 0.2) is 33.0 Å². The zero-order chi connectivity index (χ0) is 22.0. The lowest BCUT2D eigenvalue weighted by Crippen LogP contribution is -2.30. The van der Waals surface area contributed by atoms with Gasteiger partial charge in [-0.05, 0) is 37.8 Å². The maximum Gasteiger partial charge on any atom is 0.208 e. The second-order valence-electron chi connectivity index (χ2n) is 9.24. The highest BCUT2D eigenvalue weighted by molar-refractivity contribution is 6.00. The average molecular weight is 410 g/mol. The number of fused-ring (bicyclic) bond motifs is 3. The van der Waals surface area contributed by atoms with Crippen LogP contribution in [0.4, 0.5) is 0 Å². The SMILES string of the molecule is CC(C)=CCc1c2c(c(O)c3c(=O)c4c(O)ccc(O)c4oc13)CC(C(C)(C)C)O2. The fourth-order valence-corrected chi connectivity index (χ4v) is 3.91. The van der Waals surface area contributed by atoms with E-state index in [-0.39, 0.29) is 50.7 Å². The first-order valence-corrected chi connectivity index (χ1v) is 9.98. The highest BCUT2D eigenvalue weighted by Gasteiger charge is 2.38. The molecule has 158 valence electrons. The van der Waals surface area contributed by atoms with Crippen molar-refractivity contribution in [3.05, 3.63) is 45.1 Å². The summed E-state index contributed by atoms with van der Waals surface area (Å²) >= 11 is 0. The van der Waals surface area contributed by atoms with E-state index in [4.69, 9.17) is 9.15 Å². The summed E-state index contributed by atoms with van der Waals surface area (Å²) in [7, 11) is 0. The van der Waals surface area contributed by atoms with E-state index < -0.39 is 5.43 Å². The predicted molar refractivity (Wildman–Crippen MR) is 116 cm³/mol. The number of hydrogen-bond acceptors (Lipinski definition) is 6. The van der Waals surface area contributed by atoms with Crippen LogP contribution in [0.25, 0.3) is 21.9 Å². The van der Waals surface area contributed by atoms with Crippen LogP contribution in [0, 0.1) is 5.41 Å². The lowest BCUT2D eigenvalue weighted by Gasteiger charge is -2.26. The molecule has 1 aliphatic heterocycles. The molecule has 1 aromatic heterocycles. The van der Waals surface area contributed by atoms with Gasteiger partial charge in [-0.25, -0.2) is 0 Å². The van der Waals surface area contributed by atoms with Crippen LogP contribution in [-0.4, -0.2) is 21.4 Å². The summed E-state index contributed by atoms with van der Waals surface area (Å²) in [6.45, 7) is 10.1. The van der Waals surface area contributed by atoms with E-state index in [0.29, 0.717) is 29.7 Å². The number of rotatable bonds is 2. The smallest absolute Gasteiger partial charge is 0.208 e. The molecule has 1 unspecified atom stereocenters. The minimum atomic E-state index is -0.586. The number of ether oxygens (including phenoxy) is 1. The highest BCUT2D eigenvalue weighted by Crippen LogP contribution is 2.48. The number of allylic oxidation sites excluding steroid dienone is 2. The van der Waals surface area contributed by atoms with Gasteiger partial charge in [-0.2, -0.15) is 0 Å². The Morgan fingerprint density at radius 2 is 1.77 bits per heavy atom. The second-order valence-corrected chi connectivity index (χ2v) is 9.24. The molecule has 3 aromatic rings. The summed E-state index contributed by atoms with van der Waals surface area (Å²) in [5.41, 5.74) is 1.59. The summed E-state index contributed by atoms with van der Waals surface area (Å²) in [5.74, 6) is -0.234. The molecule has 2 aromatic carbocycles. The summed E-state index contributed by atoms with van der Waals surface area (Å²) in [4.78, 5) is 13.3. The molecular formula is C24H26O6. The number of benzene rings is 2. The zero-order valence-electron chi connectivity index (χ0n) is 17.8. The zero-order valence-corrected chi connectivity index (χ0v) is 17.8. The molecule has 0 spiro atoms. The number of aromatic hydroxyl groups is 3. The number of hydrogen-bond donors (Lipinski definition) is 3. The van der Waals surface area contributed by atoms with Crippen LogP contribution >= 0.6 is 0 Å². The van der Waals surface area contributed by atoms with Crippen molar-refractivity contribution in [1.82, 2.24) is 0 Å². The van der Waals surface area contributed by atoms with Crippen molar-refractivity contribution in [1.29, 1.82) is 0 Å². The molecule has 0 saturated carbocycles. The lowest BCUT2D eigenvalue weighted by atomic mass is 9.86. The number of phenols is 3. The van der Waals surface area contributed by atoms with Crippen molar-refractivity contribution in [3.63, 3.8) is 0 Å². The number of phenolic OH excluding ortho intramolecular Hbond substituents is 3. The third-order valence-corrected chi connectivity index (χ3v) is 5.68. The van der Waals surface area contributed by atoms with E-state index in [9.17, 15) is 20.1 Å². The van der Waals surface area contributed by atoms with Crippen molar-refractivity contribution >= 4 is 21.9 Å². The Morgan fingerprint density at radius 1 is 1.10 bits per heavy atom. The molecule has 1 aliphatic rings. The van der Waals surface area contributed by atoms with Gasteiger partial charge in [0.05, 0.1) is 0 Å². The minimum Gasteiger partial charge on any atom is -0.507 e. The fourth-order valence-electron chi connectivity index (χ4n) is 3.91. The third kappa shape index (κ3) is 2.98. The molecule has 0 amide bonds. The van der Waals surface area contributed by atoms with Crippen LogP contribution in [0.3, 0.4) is 0 Å². The molecule has 0 saturated heterocycles. The normalized spacial score (nSPS) is 16.0. The standard InChI is InChI=1S/C24H26O6/c1-11(2)6-7-12-21-13(10-16(29-21)24(3,4)5)19(27)18-20(28)17-14(25)8-9-15(26)23(17)30-22(12)18/h6,8-9,16,25-27H,7,10H2,1-5H3. The Bertz CT molecular complexity index is 1270. The van der Waals surface area contributed by atoms with Crippen molar-refractivity contribution in [3.8, 4) is 23.0 Å². The van der Waals surface area contributed by atoms with Gasteiger partial charge in [0.15, 0.2) is 11.3 Å². The minimum absolute atomic E-state index is 0.00235. The van der Waals surface area contributed by atoms with Gasteiger partial charge in [-0.3, -0.25) is 4.79 Å². The van der Waals surface area contributed by atoms with Gasteiger partial charge in [0.1, 0.15) is 39.7 Å². The Balaban J connectivity index is 2.15. The predicted octanol–water partition coefficient (Wildman–Crippen LogP) is 4.92. The quantitative estimate of drug-likeness (QED) is 0.315. The van der Waals surface area contributed by atoms with E-state index >= 15 is 0 Å². The topological polar surface area (TPSA) is 100 Å². The molecule has 0 radical (unpaired) electrons. The molecule has 6 heteroatoms. The van der Waals surface area contributed by atoms with E-state index in [0.717, 1.165) is 5.57 Å². The maximum atomic E-state index is 13.3. The molecule has 0 fully saturated rings. The van der Waals surface area contributed by atoms with Gasteiger partial charge >= 0.3 is 0 Å². The third-order valence-electron chi connectivity index (χ3n) is 5.68. The summed E-state index contributed by atoms with van der Waals surface area (Å²) in [6, 6.07) is 2.50. The van der Waals surface area contributed by atoms with Crippen molar-refractivity contribution in [2.75, 3.05) is 0 Å². The maximum absolute atomic E-state index is 13.3. The average Bonchev–Trinajstić information content (AvgIpc) is 3.10. The van der Waals surface area contributed by atoms with E-state index in [1.807, 2.05) is 19.9 Å². The van der Waals surface area contributed by atoms with Gasteiger partial charge in [0.2, 0.25) is 5.43 Å². The largest absolute Gasteiger partial charge is 0.507 e. The molecular weight excluding hydrogens is 384 g/mol. The molecule has 0 bridgehead atoms. The molecule has 6 nitrogen and oxygen atoms in total. The van der Waals surface area contributed by atoms with Crippen LogP contribution in [0.1, 0.15) is 45.7 Å². The van der Waals surface area contributed by atoms with Crippen molar-refractivity contribution in [2.24, 2.45) is 5.41 Å². The van der Waals surface area contributed by atoms with Crippen LogP contribution < -0.4 is 10.2 Å². The van der Waals surface area contributed by atoms with E-state index in [1.54, 1.807) is 0 Å². The highest BCUT2D eigenvalue weighted by atomic mass is 16.5. The summed E-state index contributed by atoms with van der Waals surface area (Å²) < 4.78 is 12.2. The van der Waals surface area contributed by atoms with Crippen molar-refractivity contribution < 1.29 is 24.5 Å². The Morgan fingerprint density at radius 3 is 2.40 bits per heavy atom. The van der Waals surface area contributed by atoms with E-state index in [2.05, 4.69) is 20.8 Å².